The van der Waals surface area contributed by atoms with Crippen molar-refractivity contribution in [2.24, 2.45) is 0 Å². The molecule has 202 valence electrons. The number of piperidine rings is 1. The van der Waals surface area contributed by atoms with Gasteiger partial charge in [0.1, 0.15) is 0 Å². The van der Waals surface area contributed by atoms with Crippen molar-refractivity contribution in [2.75, 3.05) is 36.8 Å². The van der Waals surface area contributed by atoms with Gasteiger partial charge in [-0.1, -0.05) is 60.7 Å². The van der Waals surface area contributed by atoms with Crippen molar-refractivity contribution < 1.29 is 4.79 Å². The molecule has 9 heteroatoms. The summed E-state index contributed by atoms with van der Waals surface area (Å²) in [4.78, 5) is 31.0. The van der Waals surface area contributed by atoms with Gasteiger partial charge in [-0.25, -0.2) is 4.98 Å². The van der Waals surface area contributed by atoms with Crippen LogP contribution in [0.3, 0.4) is 0 Å². The Labute approximate surface area is 229 Å². The minimum absolute atomic E-state index is 0.236. The zero-order valence-corrected chi connectivity index (χ0v) is 22.3. The van der Waals surface area contributed by atoms with Gasteiger partial charge in [0.05, 0.1) is 6.33 Å². The fraction of sp³-hybridized carbons (Fsp3) is 0.400. The zero-order chi connectivity index (χ0) is 26.4. The molecule has 0 unspecified atom stereocenters. The van der Waals surface area contributed by atoms with Crippen LogP contribution < -0.4 is 10.6 Å². The molecule has 2 aromatic heterocycles. The molecule has 2 aliphatic rings. The van der Waals surface area contributed by atoms with Gasteiger partial charge >= 0.3 is 0 Å². The van der Waals surface area contributed by atoms with Crippen molar-refractivity contribution in [1.29, 1.82) is 0 Å². The number of hydrogen-bond donors (Lipinski definition) is 2. The Morgan fingerprint density at radius 3 is 2.33 bits per heavy atom. The van der Waals surface area contributed by atoms with Crippen LogP contribution in [0.1, 0.15) is 36.8 Å². The molecule has 0 radical (unpaired) electrons. The molecule has 4 heterocycles. The number of carbonyl (C=O) groups is 1. The predicted molar refractivity (Wildman–Crippen MR) is 153 cm³/mol. The predicted octanol–water partition coefficient (Wildman–Crippen LogP) is 4.14. The smallest absolute Gasteiger partial charge is 0.227 e. The molecule has 0 atom stereocenters. The standard InChI is InChI=1S/C30H36N8O/c39-26-12-7-15-37(26)18-19-38-22-32-27-28(31-20-23-8-3-1-4-9-23)34-30(35-29(27)38)33-25-13-16-36(17-14-25)21-24-10-5-2-6-11-24/h1-6,8-11,22,25H,7,12-21H2,(H2,31,33,34,35). The van der Waals surface area contributed by atoms with Crippen LogP contribution in [0, 0.1) is 0 Å². The summed E-state index contributed by atoms with van der Waals surface area (Å²) >= 11 is 0. The first kappa shape index (κ1) is 25.3. The highest BCUT2D eigenvalue weighted by atomic mass is 16.2. The van der Waals surface area contributed by atoms with Crippen LogP contribution in [0.15, 0.2) is 67.0 Å². The van der Waals surface area contributed by atoms with E-state index in [0.29, 0.717) is 38.0 Å². The molecule has 0 aliphatic carbocycles. The molecular formula is C30H36N8O. The first-order valence-electron chi connectivity index (χ1n) is 14.0. The van der Waals surface area contributed by atoms with E-state index in [4.69, 9.17) is 9.97 Å². The maximum atomic E-state index is 12.1. The lowest BCUT2D eigenvalue weighted by Crippen LogP contribution is -2.39. The quantitative estimate of drug-likeness (QED) is 0.322. The van der Waals surface area contributed by atoms with E-state index in [-0.39, 0.29) is 5.91 Å². The SMILES string of the molecule is O=C1CCCN1CCn1cnc2c(NCc3ccccc3)nc(NC3CCN(Cc4ccccc4)CC3)nc21. The Balaban J connectivity index is 1.17. The van der Waals surface area contributed by atoms with Gasteiger partial charge in [-0.15, -0.1) is 0 Å². The van der Waals surface area contributed by atoms with Gasteiger partial charge < -0.3 is 20.1 Å². The number of likely N-dealkylation sites (tertiary alicyclic amines) is 2. The Kier molecular flexibility index (Phi) is 7.67. The average molecular weight is 525 g/mol. The lowest BCUT2D eigenvalue weighted by Gasteiger charge is -2.32. The van der Waals surface area contributed by atoms with Gasteiger partial charge in [-0.2, -0.15) is 9.97 Å². The largest absolute Gasteiger partial charge is 0.364 e. The fourth-order valence-electron chi connectivity index (χ4n) is 5.51. The summed E-state index contributed by atoms with van der Waals surface area (Å²) in [5, 5.41) is 7.12. The van der Waals surface area contributed by atoms with Crippen LogP contribution in [0.2, 0.25) is 0 Å². The molecule has 2 aromatic carbocycles. The van der Waals surface area contributed by atoms with Crippen LogP contribution in [0.4, 0.5) is 11.8 Å². The normalized spacial score (nSPS) is 16.7. The number of nitrogens with one attached hydrogen (secondary N) is 2. The van der Waals surface area contributed by atoms with E-state index < -0.39 is 0 Å². The number of rotatable bonds is 10. The maximum Gasteiger partial charge on any atom is 0.227 e. The molecule has 2 aliphatic heterocycles. The van der Waals surface area contributed by atoms with Crippen molar-refractivity contribution in [3.63, 3.8) is 0 Å². The van der Waals surface area contributed by atoms with Crippen LogP contribution in [-0.2, 0) is 24.4 Å². The molecule has 0 saturated carbocycles. The zero-order valence-electron chi connectivity index (χ0n) is 22.3. The van der Waals surface area contributed by atoms with E-state index in [1.54, 1.807) is 0 Å². The Morgan fingerprint density at radius 2 is 1.62 bits per heavy atom. The first-order valence-corrected chi connectivity index (χ1v) is 14.0. The fourth-order valence-corrected chi connectivity index (χ4v) is 5.51. The third kappa shape index (κ3) is 6.20. The maximum absolute atomic E-state index is 12.1. The summed E-state index contributed by atoms with van der Waals surface area (Å²) in [5.41, 5.74) is 4.07. The van der Waals surface area contributed by atoms with E-state index in [1.165, 1.54) is 11.1 Å². The Bertz CT molecular complexity index is 1380. The molecular weight excluding hydrogens is 488 g/mol. The summed E-state index contributed by atoms with van der Waals surface area (Å²) in [7, 11) is 0. The molecule has 1 amide bonds. The third-order valence-electron chi connectivity index (χ3n) is 7.72. The number of benzene rings is 2. The number of carbonyl (C=O) groups excluding carboxylic acids is 1. The van der Waals surface area contributed by atoms with Crippen molar-refractivity contribution in [2.45, 2.75) is 51.4 Å². The molecule has 0 bridgehead atoms. The average Bonchev–Trinajstić information content (AvgIpc) is 3.58. The highest BCUT2D eigenvalue weighted by molar-refractivity contribution is 5.84. The van der Waals surface area contributed by atoms with Crippen LogP contribution in [0.25, 0.3) is 11.2 Å². The highest BCUT2D eigenvalue weighted by Gasteiger charge is 2.23. The van der Waals surface area contributed by atoms with Gasteiger partial charge in [0.2, 0.25) is 11.9 Å². The highest BCUT2D eigenvalue weighted by Crippen LogP contribution is 2.24. The van der Waals surface area contributed by atoms with Crippen LogP contribution in [0.5, 0.6) is 0 Å². The summed E-state index contributed by atoms with van der Waals surface area (Å²) < 4.78 is 2.05. The third-order valence-corrected chi connectivity index (χ3v) is 7.72. The number of aromatic nitrogens is 4. The van der Waals surface area contributed by atoms with E-state index in [9.17, 15) is 4.79 Å². The monoisotopic (exact) mass is 524 g/mol. The number of fused-ring (bicyclic) bond motifs is 1. The molecule has 2 fully saturated rings. The van der Waals surface area contributed by atoms with Gasteiger partial charge in [0.25, 0.3) is 0 Å². The molecule has 4 aromatic rings. The lowest BCUT2D eigenvalue weighted by molar-refractivity contribution is -0.127. The van der Waals surface area contributed by atoms with Crippen molar-refractivity contribution in [3.8, 4) is 0 Å². The number of amides is 1. The molecule has 6 rings (SSSR count). The number of anilines is 2. The molecule has 39 heavy (non-hydrogen) atoms. The van der Waals surface area contributed by atoms with Gasteiger partial charge in [-0.3, -0.25) is 9.69 Å². The van der Waals surface area contributed by atoms with Crippen molar-refractivity contribution in [1.82, 2.24) is 29.3 Å². The van der Waals surface area contributed by atoms with Crippen molar-refractivity contribution >= 4 is 28.8 Å². The summed E-state index contributed by atoms with van der Waals surface area (Å²) in [6.45, 7) is 5.88. The second-order valence-corrected chi connectivity index (χ2v) is 10.5. The Hall–Kier alpha value is -3.98. The number of nitrogens with zero attached hydrogens (tertiary/aromatic N) is 6. The van der Waals surface area contributed by atoms with E-state index in [2.05, 4.69) is 63.0 Å². The minimum Gasteiger partial charge on any atom is -0.364 e. The van der Waals surface area contributed by atoms with E-state index >= 15 is 0 Å². The van der Waals surface area contributed by atoms with Crippen LogP contribution in [-0.4, -0.2) is 67.4 Å². The Morgan fingerprint density at radius 1 is 0.872 bits per heavy atom. The van der Waals surface area contributed by atoms with Gasteiger partial charge in [0, 0.05) is 58.3 Å². The lowest BCUT2D eigenvalue weighted by atomic mass is 10.0. The van der Waals surface area contributed by atoms with Gasteiger partial charge in [0.15, 0.2) is 17.0 Å². The molecule has 2 N–H and O–H groups in total. The second-order valence-electron chi connectivity index (χ2n) is 10.5. The van der Waals surface area contributed by atoms with Crippen LogP contribution >= 0.6 is 0 Å². The summed E-state index contributed by atoms with van der Waals surface area (Å²) in [5.74, 6) is 1.59. The summed E-state index contributed by atoms with van der Waals surface area (Å²) in [6.07, 6.45) is 5.49. The van der Waals surface area contributed by atoms with E-state index in [0.717, 1.165) is 62.4 Å². The topological polar surface area (TPSA) is 91.2 Å². The number of imidazole rings is 1. The van der Waals surface area contributed by atoms with E-state index in [1.807, 2.05) is 34.0 Å². The number of hydrogen-bond acceptors (Lipinski definition) is 7. The first-order chi connectivity index (χ1) is 19.2. The molecule has 2 saturated heterocycles. The summed E-state index contributed by atoms with van der Waals surface area (Å²) in [6, 6.07) is 21.3. The molecule has 9 nitrogen and oxygen atoms in total. The van der Waals surface area contributed by atoms with Crippen molar-refractivity contribution in [3.05, 3.63) is 78.1 Å². The minimum atomic E-state index is 0.236. The second kappa shape index (κ2) is 11.8. The van der Waals surface area contributed by atoms with Gasteiger partial charge in [-0.05, 0) is 30.4 Å². The molecule has 0 spiro atoms.